The first-order valence-electron chi connectivity index (χ1n) is 10.4. The van der Waals surface area contributed by atoms with Crippen LogP contribution < -0.4 is 17.0 Å². The molecule has 34 heavy (non-hydrogen) atoms. The van der Waals surface area contributed by atoms with Gasteiger partial charge >= 0.3 is 11.7 Å². The van der Waals surface area contributed by atoms with E-state index in [1.807, 2.05) is 36.4 Å². The number of esters is 1. The molecular weight excluding hydrogens is 436 g/mol. The van der Waals surface area contributed by atoms with Gasteiger partial charge in [-0.05, 0) is 18.6 Å². The molecule has 2 aromatic carbocycles. The van der Waals surface area contributed by atoms with Gasteiger partial charge in [0, 0.05) is 25.0 Å². The van der Waals surface area contributed by atoms with Crippen molar-refractivity contribution < 1.29 is 14.3 Å². The molecule has 0 saturated heterocycles. The van der Waals surface area contributed by atoms with E-state index < -0.39 is 35.2 Å². The van der Waals surface area contributed by atoms with Crippen molar-refractivity contribution in [2.24, 2.45) is 14.1 Å². The number of nitrogen functional groups attached to an aromatic ring is 1. The maximum atomic E-state index is 13.2. The van der Waals surface area contributed by atoms with Gasteiger partial charge in [0.15, 0.2) is 6.61 Å². The quantitative estimate of drug-likeness (QED) is 0.359. The number of carbonyl (C=O) groups excluding carboxylic acids is 2. The molecule has 0 saturated carbocycles. The zero-order chi connectivity index (χ0) is 24.6. The van der Waals surface area contributed by atoms with Gasteiger partial charge in [0.1, 0.15) is 11.4 Å². The number of ether oxygens (including phenoxy) is 1. The number of ketones is 1. The monoisotopic (exact) mass is 458 g/mol. The number of anilines is 1. The fourth-order valence-corrected chi connectivity index (χ4v) is 3.84. The topological polar surface area (TPSA) is 126 Å². The number of carbonyl (C=O) groups is 2. The smallest absolute Gasteiger partial charge is 0.339 e. The van der Waals surface area contributed by atoms with Gasteiger partial charge in [0.05, 0.1) is 16.8 Å². The van der Waals surface area contributed by atoms with Gasteiger partial charge in [-0.25, -0.2) is 14.6 Å². The molecular formula is C25H22N4O5. The number of aromatic nitrogens is 3. The molecule has 2 N–H and O–H groups in total. The van der Waals surface area contributed by atoms with Crippen molar-refractivity contribution in [3.8, 4) is 11.3 Å². The summed E-state index contributed by atoms with van der Waals surface area (Å²) in [7, 11) is 2.59. The van der Waals surface area contributed by atoms with Crippen LogP contribution in [0.3, 0.4) is 0 Å². The highest BCUT2D eigenvalue weighted by molar-refractivity contribution is 6.08. The highest BCUT2D eigenvalue weighted by Gasteiger charge is 2.24. The summed E-state index contributed by atoms with van der Waals surface area (Å²) < 4.78 is 7.10. The van der Waals surface area contributed by atoms with Crippen molar-refractivity contribution in [1.29, 1.82) is 0 Å². The molecule has 9 nitrogen and oxygen atoms in total. The minimum absolute atomic E-state index is 0.276. The Labute approximate surface area is 194 Å². The van der Waals surface area contributed by atoms with Gasteiger partial charge in [0.25, 0.3) is 5.56 Å². The first-order chi connectivity index (χ1) is 16.2. The molecule has 2 aromatic heterocycles. The number of fused-ring (bicyclic) bond motifs is 1. The van der Waals surface area contributed by atoms with Crippen LogP contribution in [-0.2, 0) is 18.8 Å². The van der Waals surface area contributed by atoms with E-state index in [1.54, 1.807) is 25.1 Å². The molecule has 0 radical (unpaired) electrons. The Balaban J connectivity index is 1.72. The molecule has 0 aliphatic heterocycles. The number of Topliss-reactive ketones (excluding diaryl/α,β-unsaturated/α-hetero) is 1. The summed E-state index contributed by atoms with van der Waals surface area (Å²) in [5, 5.41) is 0.578. The van der Waals surface area contributed by atoms with Crippen LogP contribution in [-0.4, -0.2) is 32.5 Å². The number of para-hydroxylation sites is 1. The number of nitrogens with two attached hydrogens (primary N) is 1. The normalized spacial score (nSPS) is 10.9. The first kappa shape index (κ1) is 22.7. The number of nitrogens with zero attached hydrogens (tertiary/aromatic N) is 3. The Morgan fingerprint density at radius 2 is 1.59 bits per heavy atom. The maximum absolute atomic E-state index is 13.2. The van der Waals surface area contributed by atoms with Crippen molar-refractivity contribution in [3.63, 3.8) is 0 Å². The number of hydrogen-bond donors (Lipinski definition) is 1. The van der Waals surface area contributed by atoms with E-state index in [2.05, 4.69) is 0 Å². The van der Waals surface area contributed by atoms with Gasteiger partial charge in [-0.1, -0.05) is 48.5 Å². The molecule has 0 spiro atoms. The molecule has 0 atom stereocenters. The Morgan fingerprint density at radius 3 is 2.29 bits per heavy atom. The van der Waals surface area contributed by atoms with Gasteiger partial charge in [-0.15, -0.1) is 0 Å². The van der Waals surface area contributed by atoms with Gasteiger partial charge in [-0.2, -0.15) is 0 Å². The molecule has 4 rings (SSSR count). The Bertz CT molecular complexity index is 1570. The van der Waals surface area contributed by atoms with E-state index in [0.29, 0.717) is 22.2 Å². The summed E-state index contributed by atoms with van der Waals surface area (Å²) in [6.07, 6.45) is 0. The molecule has 0 amide bonds. The third kappa shape index (κ3) is 3.77. The summed E-state index contributed by atoms with van der Waals surface area (Å²) >= 11 is 0. The molecule has 0 fully saturated rings. The summed E-state index contributed by atoms with van der Waals surface area (Å²) in [6.45, 7) is 1.05. The first-order valence-corrected chi connectivity index (χ1v) is 10.4. The molecule has 0 unspecified atom stereocenters. The number of pyridine rings is 1. The van der Waals surface area contributed by atoms with Crippen LogP contribution in [0.5, 0.6) is 0 Å². The molecule has 9 heteroatoms. The van der Waals surface area contributed by atoms with E-state index in [9.17, 15) is 19.2 Å². The summed E-state index contributed by atoms with van der Waals surface area (Å²) in [5.41, 5.74) is 6.84. The Hall–Kier alpha value is -4.53. The standard InChI is InChI=1S/C25H22N4O5/c1-14-19(16-11-7-8-12-17(16)27-21(14)15-9-5-4-6-10-15)24(32)34-13-18(30)20-22(26)28(2)25(33)29(3)23(20)31/h4-12H,13,26H2,1-3H3. The van der Waals surface area contributed by atoms with Gasteiger partial charge < -0.3 is 10.5 Å². The Kier molecular flexibility index (Phi) is 5.85. The van der Waals surface area contributed by atoms with Crippen LogP contribution in [0.15, 0.2) is 64.2 Å². The molecule has 0 bridgehead atoms. The fourth-order valence-electron chi connectivity index (χ4n) is 3.84. The van der Waals surface area contributed by atoms with Crippen LogP contribution in [0, 0.1) is 6.92 Å². The van der Waals surface area contributed by atoms with Gasteiger partial charge in [-0.3, -0.25) is 18.7 Å². The molecule has 4 aromatic rings. The zero-order valence-corrected chi connectivity index (χ0v) is 18.9. The summed E-state index contributed by atoms with van der Waals surface area (Å²) in [6, 6.07) is 16.6. The average Bonchev–Trinajstić information content (AvgIpc) is 2.85. The Morgan fingerprint density at radius 1 is 0.941 bits per heavy atom. The van der Waals surface area contributed by atoms with Crippen molar-refractivity contribution >= 4 is 28.5 Å². The lowest BCUT2D eigenvalue weighted by molar-refractivity contribution is 0.0475. The zero-order valence-electron chi connectivity index (χ0n) is 18.9. The molecule has 0 aliphatic rings. The SMILES string of the molecule is Cc1c(-c2ccccc2)nc2ccccc2c1C(=O)OCC(=O)c1c(N)n(C)c(=O)n(C)c1=O. The summed E-state index contributed by atoms with van der Waals surface area (Å²) in [5.74, 6) is -1.82. The molecule has 0 aliphatic carbocycles. The highest BCUT2D eigenvalue weighted by Crippen LogP contribution is 2.30. The lowest BCUT2D eigenvalue weighted by Gasteiger charge is -2.14. The van der Waals surface area contributed by atoms with Crippen LogP contribution in [0.2, 0.25) is 0 Å². The van der Waals surface area contributed by atoms with E-state index in [0.717, 1.165) is 14.7 Å². The number of hydrogen-bond acceptors (Lipinski definition) is 7. The summed E-state index contributed by atoms with van der Waals surface area (Å²) in [4.78, 5) is 55.1. The molecule has 172 valence electrons. The van der Waals surface area contributed by atoms with E-state index in [-0.39, 0.29) is 11.4 Å². The highest BCUT2D eigenvalue weighted by atomic mass is 16.5. The molecule has 2 heterocycles. The van der Waals surface area contributed by atoms with Crippen LogP contribution >= 0.6 is 0 Å². The minimum atomic E-state index is -0.849. The minimum Gasteiger partial charge on any atom is -0.454 e. The second-order valence-corrected chi connectivity index (χ2v) is 7.81. The van der Waals surface area contributed by atoms with Crippen molar-refractivity contribution in [1.82, 2.24) is 14.1 Å². The van der Waals surface area contributed by atoms with Gasteiger partial charge in [0.2, 0.25) is 5.78 Å². The second kappa shape index (κ2) is 8.78. The fraction of sp³-hybridized carbons (Fsp3) is 0.160. The van der Waals surface area contributed by atoms with E-state index >= 15 is 0 Å². The van der Waals surface area contributed by atoms with E-state index in [4.69, 9.17) is 15.5 Å². The largest absolute Gasteiger partial charge is 0.454 e. The van der Waals surface area contributed by atoms with E-state index in [1.165, 1.54) is 14.1 Å². The van der Waals surface area contributed by atoms with Crippen LogP contribution in [0.4, 0.5) is 5.82 Å². The predicted octanol–water partition coefficient (Wildman–Crippen LogP) is 2.23. The van der Waals surface area contributed by atoms with Crippen molar-refractivity contribution in [2.75, 3.05) is 12.3 Å². The third-order valence-electron chi connectivity index (χ3n) is 5.71. The lowest BCUT2D eigenvalue weighted by Crippen LogP contribution is -2.42. The van der Waals surface area contributed by atoms with Crippen LogP contribution in [0.1, 0.15) is 26.3 Å². The predicted molar refractivity (Wildman–Crippen MR) is 128 cm³/mol. The average molecular weight is 458 g/mol. The lowest BCUT2D eigenvalue weighted by atomic mass is 9.98. The second-order valence-electron chi connectivity index (χ2n) is 7.81. The van der Waals surface area contributed by atoms with Crippen molar-refractivity contribution in [2.45, 2.75) is 6.92 Å². The number of benzene rings is 2. The third-order valence-corrected chi connectivity index (χ3v) is 5.71. The number of rotatable bonds is 5. The maximum Gasteiger partial charge on any atom is 0.339 e. The van der Waals surface area contributed by atoms with Crippen LogP contribution in [0.25, 0.3) is 22.2 Å². The van der Waals surface area contributed by atoms with Crippen molar-refractivity contribution in [3.05, 3.63) is 92.1 Å².